The van der Waals surface area contributed by atoms with Gasteiger partial charge in [-0.3, -0.25) is 9.97 Å². The van der Waals surface area contributed by atoms with Crippen molar-refractivity contribution in [2.75, 3.05) is 0 Å². The molecule has 1 N–H and O–H groups in total. The van der Waals surface area contributed by atoms with E-state index in [0.29, 0.717) is 6.42 Å². The molecule has 1 heterocycles. The van der Waals surface area contributed by atoms with Gasteiger partial charge < -0.3 is 5.11 Å². The SMILES string of the molecule is Cc1nccnc1CC(C)(C)O. The Balaban J connectivity index is 2.83. The first-order valence-electron chi connectivity index (χ1n) is 3.98. The number of hydrogen-bond donors (Lipinski definition) is 1. The summed E-state index contributed by atoms with van der Waals surface area (Å²) in [4.78, 5) is 8.23. The number of aryl methyl sites for hydroxylation is 1. The molecule has 3 heteroatoms. The van der Waals surface area contributed by atoms with E-state index in [1.165, 1.54) is 0 Å². The molecule has 0 aromatic carbocycles. The average Bonchev–Trinajstić information content (AvgIpc) is 1.91. The highest BCUT2D eigenvalue weighted by Crippen LogP contribution is 2.11. The van der Waals surface area contributed by atoms with E-state index in [4.69, 9.17) is 0 Å². The maximum atomic E-state index is 9.53. The molecule has 0 atom stereocenters. The summed E-state index contributed by atoms with van der Waals surface area (Å²) in [6.45, 7) is 5.43. The van der Waals surface area contributed by atoms with E-state index < -0.39 is 5.60 Å². The Morgan fingerprint density at radius 3 is 2.42 bits per heavy atom. The lowest BCUT2D eigenvalue weighted by Crippen LogP contribution is -2.23. The predicted octanol–water partition coefficient (Wildman–Crippen LogP) is 1.10. The molecule has 3 nitrogen and oxygen atoms in total. The zero-order chi connectivity index (χ0) is 9.19. The Bertz CT molecular complexity index is 265. The molecule has 0 spiro atoms. The molecule has 1 aromatic rings. The Morgan fingerprint density at radius 1 is 1.33 bits per heavy atom. The van der Waals surface area contributed by atoms with Crippen LogP contribution in [0.1, 0.15) is 25.2 Å². The first-order valence-corrected chi connectivity index (χ1v) is 3.98. The van der Waals surface area contributed by atoms with Gasteiger partial charge in [-0.1, -0.05) is 0 Å². The molecule has 0 radical (unpaired) electrons. The molecule has 0 aliphatic carbocycles. The molecule has 1 rings (SSSR count). The van der Waals surface area contributed by atoms with Gasteiger partial charge in [0.25, 0.3) is 0 Å². The van der Waals surface area contributed by atoms with Crippen LogP contribution in [0.3, 0.4) is 0 Å². The summed E-state index contributed by atoms with van der Waals surface area (Å²) in [6.07, 6.45) is 3.85. The lowest BCUT2D eigenvalue weighted by atomic mass is 10.0. The highest BCUT2D eigenvalue weighted by Gasteiger charge is 2.15. The number of hydrogen-bond acceptors (Lipinski definition) is 3. The molecule has 0 aliphatic heterocycles. The Hall–Kier alpha value is -0.960. The fourth-order valence-electron chi connectivity index (χ4n) is 1.02. The Kier molecular flexibility index (Phi) is 2.43. The van der Waals surface area contributed by atoms with E-state index in [9.17, 15) is 5.11 Å². The average molecular weight is 166 g/mol. The van der Waals surface area contributed by atoms with Crippen LogP contribution in [0.5, 0.6) is 0 Å². The zero-order valence-electron chi connectivity index (χ0n) is 7.70. The van der Waals surface area contributed by atoms with Gasteiger partial charge >= 0.3 is 0 Å². The van der Waals surface area contributed by atoms with Crippen LogP contribution in [0.2, 0.25) is 0 Å². The maximum absolute atomic E-state index is 9.53. The van der Waals surface area contributed by atoms with Crippen LogP contribution in [-0.4, -0.2) is 20.7 Å². The summed E-state index contributed by atoms with van der Waals surface area (Å²) in [6, 6.07) is 0. The lowest BCUT2D eigenvalue weighted by Gasteiger charge is -2.16. The van der Waals surface area contributed by atoms with Crippen molar-refractivity contribution in [1.29, 1.82) is 0 Å². The highest BCUT2D eigenvalue weighted by molar-refractivity contribution is 5.10. The van der Waals surface area contributed by atoms with Crippen molar-refractivity contribution in [3.8, 4) is 0 Å². The fourth-order valence-corrected chi connectivity index (χ4v) is 1.02. The largest absolute Gasteiger partial charge is 0.390 e. The first kappa shape index (κ1) is 9.13. The standard InChI is InChI=1S/C9H14N2O/c1-7-8(6-9(2,3)12)11-5-4-10-7/h4-5,12H,6H2,1-3H3. The summed E-state index contributed by atoms with van der Waals surface area (Å²) in [5.74, 6) is 0. The summed E-state index contributed by atoms with van der Waals surface area (Å²) in [5, 5.41) is 9.53. The van der Waals surface area contributed by atoms with Gasteiger partial charge in [0.1, 0.15) is 0 Å². The monoisotopic (exact) mass is 166 g/mol. The van der Waals surface area contributed by atoms with Gasteiger partial charge in [0.2, 0.25) is 0 Å². The lowest BCUT2D eigenvalue weighted by molar-refractivity contribution is 0.0796. The Labute approximate surface area is 72.5 Å². The van der Waals surface area contributed by atoms with Crippen LogP contribution < -0.4 is 0 Å². The van der Waals surface area contributed by atoms with Gasteiger partial charge in [0.05, 0.1) is 17.0 Å². The van der Waals surface area contributed by atoms with Crippen molar-refractivity contribution in [2.24, 2.45) is 0 Å². The number of rotatable bonds is 2. The van der Waals surface area contributed by atoms with Crippen LogP contribution in [0, 0.1) is 6.92 Å². The molecule has 0 saturated heterocycles. The van der Waals surface area contributed by atoms with Gasteiger partial charge in [0, 0.05) is 18.8 Å². The molecule has 66 valence electrons. The van der Waals surface area contributed by atoms with Crippen molar-refractivity contribution < 1.29 is 5.11 Å². The van der Waals surface area contributed by atoms with Crippen LogP contribution in [0.4, 0.5) is 0 Å². The quantitative estimate of drug-likeness (QED) is 0.715. The van der Waals surface area contributed by atoms with Gasteiger partial charge in [-0.15, -0.1) is 0 Å². The summed E-state index contributed by atoms with van der Waals surface area (Å²) in [5.41, 5.74) is 1.05. The van der Waals surface area contributed by atoms with Crippen LogP contribution in [0.15, 0.2) is 12.4 Å². The molecule has 0 fully saturated rings. The minimum atomic E-state index is -0.708. The number of nitrogens with zero attached hydrogens (tertiary/aromatic N) is 2. The molecular formula is C9H14N2O. The fraction of sp³-hybridized carbons (Fsp3) is 0.556. The minimum Gasteiger partial charge on any atom is -0.390 e. The Morgan fingerprint density at radius 2 is 1.92 bits per heavy atom. The topological polar surface area (TPSA) is 46.0 Å². The first-order chi connectivity index (χ1) is 5.49. The van der Waals surface area contributed by atoms with E-state index in [-0.39, 0.29) is 0 Å². The van der Waals surface area contributed by atoms with E-state index >= 15 is 0 Å². The van der Waals surface area contributed by atoms with E-state index in [0.717, 1.165) is 11.4 Å². The van der Waals surface area contributed by atoms with Crippen molar-refractivity contribution >= 4 is 0 Å². The van der Waals surface area contributed by atoms with E-state index in [2.05, 4.69) is 9.97 Å². The van der Waals surface area contributed by atoms with Gasteiger partial charge in [-0.25, -0.2) is 0 Å². The normalized spacial score (nSPS) is 11.7. The smallest absolute Gasteiger partial charge is 0.0647 e. The molecular weight excluding hydrogens is 152 g/mol. The second kappa shape index (κ2) is 3.19. The highest BCUT2D eigenvalue weighted by atomic mass is 16.3. The summed E-state index contributed by atoms with van der Waals surface area (Å²) < 4.78 is 0. The van der Waals surface area contributed by atoms with E-state index in [1.54, 1.807) is 26.2 Å². The number of aromatic nitrogens is 2. The minimum absolute atomic E-state index is 0.548. The molecule has 1 aromatic heterocycles. The van der Waals surface area contributed by atoms with Gasteiger partial charge in [0.15, 0.2) is 0 Å². The molecule has 12 heavy (non-hydrogen) atoms. The summed E-state index contributed by atoms with van der Waals surface area (Å²) in [7, 11) is 0. The van der Waals surface area contributed by atoms with Crippen LogP contribution >= 0.6 is 0 Å². The number of aliphatic hydroxyl groups is 1. The second-order valence-corrected chi connectivity index (χ2v) is 3.58. The van der Waals surface area contributed by atoms with Crippen molar-refractivity contribution in [2.45, 2.75) is 32.8 Å². The van der Waals surface area contributed by atoms with Crippen molar-refractivity contribution in [3.05, 3.63) is 23.8 Å². The predicted molar refractivity (Wildman–Crippen MR) is 46.8 cm³/mol. The van der Waals surface area contributed by atoms with E-state index in [1.807, 2.05) is 6.92 Å². The third kappa shape index (κ3) is 2.58. The zero-order valence-corrected chi connectivity index (χ0v) is 7.70. The van der Waals surface area contributed by atoms with Crippen molar-refractivity contribution in [3.63, 3.8) is 0 Å². The third-order valence-corrected chi connectivity index (χ3v) is 1.58. The molecule has 0 amide bonds. The maximum Gasteiger partial charge on any atom is 0.0647 e. The second-order valence-electron chi connectivity index (χ2n) is 3.58. The van der Waals surface area contributed by atoms with Gasteiger partial charge in [-0.2, -0.15) is 0 Å². The molecule has 0 bridgehead atoms. The van der Waals surface area contributed by atoms with Gasteiger partial charge in [-0.05, 0) is 20.8 Å². The summed E-state index contributed by atoms with van der Waals surface area (Å²) >= 11 is 0. The molecule has 0 unspecified atom stereocenters. The van der Waals surface area contributed by atoms with Crippen molar-refractivity contribution in [1.82, 2.24) is 9.97 Å². The molecule has 0 saturated carbocycles. The third-order valence-electron chi connectivity index (χ3n) is 1.58. The van der Waals surface area contributed by atoms with Crippen LogP contribution in [-0.2, 0) is 6.42 Å². The molecule has 0 aliphatic rings. The van der Waals surface area contributed by atoms with Crippen LogP contribution in [0.25, 0.3) is 0 Å².